The molecule has 70 valence electrons. The van der Waals surface area contributed by atoms with E-state index in [0.717, 1.165) is 21.1 Å². The maximum Gasteiger partial charge on any atom is 0.0925 e. The van der Waals surface area contributed by atoms with Crippen molar-refractivity contribution in [2.75, 3.05) is 0 Å². The van der Waals surface area contributed by atoms with Gasteiger partial charge in [-0.25, -0.2) is 0 Å². The van der Waals surface area contributed by atoms with Gasteiger partial charge in [0.05, 0.1) is 11.2 Å². The van der Waals surface area contributed by atoms with E-state index in [4.69, 9.17) is 5.73 Å². The molecule has 1 aromatic heterocycles. The molecule has 13 heavy (non-hydrogen) atoms. The van der Waals surface area contributed by atoms with Crippen molar-refractivity contribution in [3.8, 4) is 0 Å². The summed E-state index contributed by atoms with van der Waals surface area (Å²) in [4.78, 5) is 0. The summed E-state index contributed by atoms with van der Waals surface area (Å²) in [5.74, 6) is 0. The van der Waals surface area contributed by atoms with E-state index in [1.54, 1.807) is 0 Å². The lowest BCUT2D eigenvalue weighted by Crippen LogP contribution is -1.96. The minimum Gasteiger partial charge on any atom is -0.325 e. The van der Waals surface area contributed by atoms with Crippen LogP contribution in [0.3, 0.4) is 0 Å². The predicted molar refractivity (Wildman–Crippen MR) is 58.9 cm³/mol. The van der Waals surface area contributed by atoms with Crippen LogP contribution in [-0.4, -0.2) is 10.2 Å². The Hall–Kier alpha value is -0.580. The lowest BCUT2D eigenvalue weighted by atomic mass is 10.2. The number of aromatic nitrogens is 2. The van der Waals surface area contributed by atoms with E-state index >= 15 is 0 Å². The van der Waals surface area contributed by atoms with Gasteiger partial charge >= 0.3 is 0 Å². The van der Waals surface area contributed by atoms with Crippen molar-refractivity contribution in [1.29, 1.82) is 0 Å². The average molecular weight is 263 g/mol. The molecule has 0 amide bonds. The van der Waals surface area contributed by atoms with Crippen LogP contribution >= 0.6 is 28.3 Å². The Morgan fingerprint density at radius 2 is 2.23 bits per heavy atom. The second-order valence-corrected chi connectivity index (χ2v) is 3.48. The van der Waals surface area contributed by atoms with E-state index < -0.39 is 0 Å². The second-order valence-electron chi connectivity index (χ2n) is 2.57. The van der Waals surface area contributed by atoms with Gasteiger partial charge in [0.1, 0.15) is 0 Å². The van der Waals surface area contributed by atoms with E-state index in [1.807, 2.05) is 18.2 Å². The molecule has 2 rings (SSSR count). The summed E-state index contributed by atoms with van der Waals surface area (Å²) in [6, 6.07) is 5.93. The number of aromatic amines is 1. The zero-order chi connectivity index (χ0) is 8.55. The number of hydrogen-bond acceptors (Lipinski definition) is 2. The minimum atomic E-state index is 0. The normalized spacial score (nSPS) is 10.0. The smallest absolute Gasteiger partial charge is 0.0925 e. The molecule has 2 aromatic rings. The van der Waals surface area contributed by atoms with Gasteiger partial charge in [-0.15, -0.1) is 12.4 Å². The van der Waals surface area contributed by atoms with Crippen LogP contribution in [0.4, 0.5) is 0 Å². The van der Waals surface area contributed by atoms with Gasteiger partial charge in [0.15, 0.2) is 0 Å². The zero-order valence-corrected chi connectivity index (χ0v) is 9.15. The molecule has 0 aliphatic heterocycles. The SMILES string of the molecule is Cl.NCc1[nH]nc2ccc(Br)cc12. The van der Waals surface area contributed by atoms with Crippen molar-refractivity contribution < 1.29 is 0 Å². The zero-order valence-electron chi connectivity index (χ0n) is 6.75. The van der Waals surface area contributed by atoms with E-state index in [2.05, 4.69) is 26.1 Å². The van der Waals surface area contributed by atoms with Crippen LogP contribution in [0, 0.1) is 0 Å². The van der Waals surface area contributed by atoms with E-state index in [1.165, 1.54) is 0 Å². The summed E-state index contributed by atoms with van der Waals surface area (Å²) < 4.78 is 1.05. The number of nitrogens with one attached hydrogen (secondary N) is 1. The molecule has 0 bridgehead atoms. The average Bonchev–Trinajstić information content (AvgIpc) is 2.46. The molecule has 0 atom stereocenters. The third-order valence-corrected chi connectivity index (χ3v) is 2.29. The fraction of sp³-hybridized carbons (Fsp3) is 0.125. The first-order chi connectivity index (χ1) is 5.81. The monoisotopic (exact) mass is 261 g/mol. The largest absolute Gasteiger partial charge is 0.325 e. The van der Waals surface area contributed by atoms with Crippen LogP contribution < -0.4 is 5.73 Å². The third kappa shape index (κ3) is 1.85. The van der Waals surface area contributed by atoms with E-state index in [9.17, 15) is 0 Å². The Labute approximate surface area is 90.2 Å². The molecule has 0 aliphatic rings. The molecule has 0 aliphatic carbocycles. The molecule has 0 saturated heterocycles. The molecule has 0 saturated carbocycles. The van der Waals surface area contributed by atoms with Gasteiger partial charge in [-0.2, -0.15) is 5.10 Å². The molecule has 3 N–H and O–H groups in total. The molecule has 5 heteroatoms. The fourth-order valence-corrected chi connectivity index (χ4v) is 1.55. The molecular weight excluding hydrogens is 253 g/mol. The maximum absolute atomic E-state index is 5.52. The van der Waals surface area contributed by atoms with Crippen molar-refractivity contribution in [3.05, 3.63) is 28.4 Å². The Morgan fingerprint density at radius 1 is 1.46 bits per heavy atom. The van der Waals surface area contributed by atoms with Crippen LogP contribution in [-0.2, 0) is 6.54 Å². The first-order valence-corrected chi connectivity index (χ1v) is 4.43. The lowest BCUT2D eigenvalue weighted by molar-refractivity contribution is 0.959. The number of fused-ring (bicyclic) bond motifs is 1. The van der Waals surface area contributed by atoms with Crippen LogP contribution in [0.1, 0.15) is 5.69 Å². The van der Waals surface area contributed by atoms with Crippen LogP contribution in [0.5, 0.6) is 0 Å². The molecule has 0 unspecified atom stereocenters. The molecule has 3 nitrogen and oxygen atoms in total. The topological polar surface area (TPSA) is 54.7 Å². The van der Waals surface area contributed by atoms with Crippen LogP contribution in [0.25, 0.3) is 10.9 Å². The highest BCUT2D eigenvalue weighted by Crippen LogP contribution is 2.20. The summed E-state index contributed by atoms with van der Waals surface area (Å²) >= 11 is 3.40. The molecular formula is C8H9BrClN3. The molecule has 0 radical (unpaired) electrons. The fourth-order valence-electron chi connectivity index (χ4n) is 1.19. The number of halogens is 2. The van der Waals surface area contributed by atoms with Crippen molar-refractivity contribution in [1.82, 2.24) is 10.2 Å². The van der Waals surface area contributed by atoms with Gasteiger partial charge in [-0.05, 0) is 18.2 Å². The molecule has 0 spiro atoms. The van der Waals surface area contributed by atoms with Crippen LogP contribution in [0.2, 0.25) is 0 Å². The quantitative estimate of drug-likeness (QED) is 0.828. The Balaban J connectivity index is 0.000000845. The van der Waals surface area contributed by atoms with E-state index in [0.29, 0.717) is 6.54 Å². The van der Waals surface area contributed by atoms with Gasteiger partial charge in [0.25, 0.3) is 0 Å². The number of rotatable bonds is 1. The summed E-state index contributed by atoms with van der Waals surface area (Å²) in [6.45, 7) is 0.493. The summed E-state index contributed by atoms with van der Waals surface area (Å²) in [7, 11) is 0. The molecule has 1 heterocycles. The predicted octanol–water partition coefficient (Wildman–Crippen LogP) is 2.21. The van der Waals surface area contributed by atoms with Gasteiger partial charge in [0, 0.05) is 16.4 Å². The highest BCUT2D eigenvalue weighted by Gasteiger charge is 2.02. The van der Waals surface area contributed by atoms with Gasteiger partial charge in [-0.3, -0.25) is 5.10 Å². The maximum atomic E-state index is 5.52. The highest BCUT2D eigenvalue weighted by atomic mass is 79.9. The van der Waals surface area contributed by atoms with E-state index in [-0.39, 0.29) is 12.4 Å². The van der Waals surface area contributed by atoms with Gasteiger partial charge in [-0.1, -0.05) is 15.9 Å². The van der Waals surface area contributed by atoms with Crippen molar-refractivity contribution in [2.24, 2.45) is 5.73 Å². The summed E-state index contributed by atoms with van der Waals surface area (Å²) in [6.07, 6.45) is 0. The summed E-state index contributed by atoms with van der Waals surface area (Å²) in [5.41, 5.74) is 7.46. The minimum absolute atomic E-state index is 0. The number of hydrogen-bond donors (Lipinski definition) is 2. The number of nitrogens with two attached hydrogens (primary N) is 1. The molecule has 1 aromatic carbocycles. The Bertz CT molecular complexity index is 413. The first kappa shape index (κ1) is 10.5. The van der Waals surface area contributed by atoms with Crippen LogP contribution in [0.15, 0.2) is 22.7 Å². The van der Waals surface area contributed by atoms with Gasteiger partial charge in [0.2, 0.25) is 0 Å². The Kier molecular flexibility index (Phi) is 3.30. The highest BCUT2D eigenvalue weighted by molar-refractivity contribution is 9.10. The number of benzene rings is 1. The van der Waals surface area contributed by atoms with Crippen molar-refractivity contribution in [3.63, 3.8) is 0 Å². The second kappa shape index (κ2) is 4.09. The third-order valence-electron chi connectivity index (χ3n) is 1.80. The van der Waals surface area contributed by atoms with Crippen molar-refractivity contribution >= 4 is 39.2 Å². The first-order valence-electron chi connectivity index (χ1n) is 3.64. The molecule has 0 fully saturated rings. The Morgan fingerprint density at radius 3 is 2.92 bits per heavy atom. The number of nitrogens with zero attached hydrogens (tertiary/aromatic N) is 1. The van der Waals surface area contributed by atoms with Crippen molar-refractivity contribution in [2.45, 2.75) is 6.54 Å². The number of H-pyrrole nitrogens is 1. The lowest BCUT2D eigenvalue weighted by Gasteiger charge is -1.92. The van der Waals surface area contributed by atoms with Gasteiger partial charge < -0.3 is 5.73 Å². The standard InChI is InChI=1S/C8H8BrN3.ClH/c9-5-1-2-7-6(3-5)8(4-10)12-11-7;/h1-3H,4,10H2,(H,11,12);1H. The summed E-state index contributed by atoms with van der Waals surface area (Å²) in [5, 5.41) is 8.09.